The summed E-state index contributed by atoms with van der Waals surface area (Å²) in [5.74, 6) is -0.147. The zero-order valence-electron chi connectivity index (χ0n) is 10.8. The van der Waals surface area contributed by atoms with E-state index in [4.69, 9.17) is 9.47 Å². The third kappa shape index (κ3) is 2.36. The number of carbonyl (C=O) groups excluding carboxylic acids is 1. The van der Waals surface area contributed by atoms with Gasteiger partial charge in [-0.2, -0.15) is 5.26 Å². The maximum atomic E-state index is 12.2. The predicted molar refractivity (Wildman–Crippen MR) is 64.7 cm³/mol. The lowest BCUT2D eigenvalue weighted by Crippen LogP contribution is -2.48. The molecule has 2 fully saturated rings. The molecule has 0 aromatic rings. The number of rotatable bonds is 4. The Labute approximate surface area is 107 Å². The quantitative estimate of drug-likeness (QED) is 0.810. The number of nitrogens with one attached hydrogen (secondary N) is 1. The van der Waals surface area contributed by atoms with Crippen LogP contribution in [0.2, 0.25) is 0 Å². The zero-order valence-corrected chi connectivity index (χ0v) is 10.8. The fraction of sp³-hybridized carbons (Fsp3) is 0.846. The summed E-state index contributed by atoms with van der Waals surface area (Å²) in [7, 11) is 1.64. The van der Waals surface area contributed by atoms with Crippen LogP contribution >= 0.6 is 0 Å². The van der Waals surface area contributed by atoms with Crippen molar-refractivity contribution in [2.24, 2.45) is 5.41 Å². The van der Waals surface area contributed by atoms with Gasteiger partial charge >= 0.3 is 0 Å². The summed E-state index contributed by atoms with van der Waals surface area (Å²) in [6.07, 6.45) is 4.04. The van der Waals surface area contributed by atoms with E-state index in [1.807, 2.05) is 0 Å². The smallest absolute Gasteiger partial charge is 0.240 e. The van der Waals surface area contributed by atoms with E-state index in [1.54, 1.807) is 7.11 Å². The predicted octanol–water partition coefficient (Wildman–Crippen LogP) is 0.992. The monoisotopic (exact) mass is 252 g/mol. The van der Waals surface area contributed by atoms with Crippen molar-refractivity contribution in [1.82, 2.24) is 5.32 Å². The summed E-state index contributed by atoms with van der Waals surface area (Å²) in [4.78, 5) is 12.2. The van der Waals surface area contributed by atoms with Crippen LogP contribution in [0, 0.1) is 16.7 Å². The van der Waals surface area contributed by atoms with Crippen LogP contribution in [0.25, 0.3) is 0 Å². The first kappa shape index (κ1) is 13.3. The van der Waals surface area contributed by atoms with Crippen LogP contribution in [-0.2, 0) is 14.3 Å². The summed E-state index contributed by atoms with van der Waals surface area (Å²) in [5, 5.41) is 12.1. The van der Waals surface area contributed by atoms with Gasteiger partial charge in [0.2, 0.25) is 5.91 Å². The lowest BCUT2D eigenvalue weighted by Gasteiger charge is -2.28. The maximum Gasteiger partial charge on any atom is 0.240 e. The number of ether oxygens (including phenoxy) is 2. The van der Waals surface area contributed by atoms with Crippen molar-refractivity contribution < 1.29 is 14.3 Å². The largest absolute Gasteiger partial charge is 0.378 e. The molecule has 0 aromatic carbocycles. The summed E-state index contributed by atoms with van der Waals surface area (Å²) in [6.45, 7) is 1.59. The van der Waals surface area contributed by atoms with Gasteiger partial charge in [-0.3, -0.25) is 4.79 Å². The average Bonchev–Trinajstić information content (AvgIpc) is 3.06. The second-order valence-electron chi connectivity index (χ2n) is 5.27. The van der Waals surface area contributed by atoms with Gasteiger partial charge in [-0.05, 0) is 12.8 Å². The number of hydrogen-bond donors (Lipinski definition) is 1. The van der Waals surface area contributed by atoms with Crippen LogP contribution in [0.3, 0.4) is 0 Å². The number of nitriles is 1. The van der Waals surface area contributed by atoms with Gasteiger partial charge in [0.25, 0.3) is 0 Å². The molecule has 1 heterocycles. The Kier molecular flexibility index (Phi) is 3.88. The van der Waals surface area contributed by atoms with E-state index in [-0.39, 0.29) is 5.91 Å². The molecule has 1 aliphatic carbocycles. The highest BCUT2D eigenvalue weighted by Gasteiger charge is 2.43. The number of carbonyl (C=O) groups is 1. The second-order valence-corrected chi connectivity index (χ2v) is 5.27. The van der Waals surface area contributed by atoms with Crippen molar-refractivity contribution in [3.8, 4) is 6.07 Å². The molecule has 1 unspecified atom stereocenters. The van der Waals surface area contributed by atoms with Crippen LogP contribution in [0.4, 0.5) is 0 Å². The summed E-state index contributed by atoms with van der Waals surface area (Å²) >= 11 is 0. The molecule has 1 saturated carbocycles. The standard InChI is InChI=1S/C13H20N2O3/c1-17-13(6-7-18-10-13)9-15-11(16)12(8-14)4-2-3-5-12/h2-7,9-10H2,1H3,(H,15,16). The van der Waals surface area contributed by atoms with Crippen molar-refractivity contribution in [2.45, 2.75) is 37.7 Å². The molecule has 0 spiro atoms. The molecule has 1 N–H and O–H groups in total. The molecule has 0 radical (unpaired) electrons. The van der Waals surface area contributed by atoms with E-state index in [0.29, 0.717) is 32.6 Å². The highest BCUT2D eigenvalue weighted by atomic mass is 16.5. The summed E-state index contributed by atoms with van der Waals surface area (Å²) in [6, 6.07) is 2.20. The van der Waals surface area contributed by atoms with E-state index in [0.717, 1.165) is 19.3 Å². The number of nitrogens with zero attached hydrogens (tertiary/aromatic N) is 1. The number of hydrogen-bond acceptors (Lipinski definition) is 4. The van der Waals surface area contributed by atoms with Gasteiger partial charge in [-0.15, -0.1) is 0 Å². The Hall–Kier alpha value is -1.12. The second kappa shape index (κ2) is 5.25. The summed E-state index contributed by atoms with van der Waals surface area (Å²) < 4.78 is 10.8. The molecule has 0 aromatic heterocycles. The van der Waals surface area contributed by atoms with Crippen molar-refractivity contribution >= 4 is 5.91 Å². The van der Waals surface area contributed by atoms with Crippen molar-refractivity contribution in [1.29, 1.82) is 5.26 Å². The molecular formula is C13H20N2O3. The van der Waals surface area contributed by atoms with E-state index >= 15 is 0 Å². The Morgan fingerprint density at radius 2 is 2.17 bits per heavy atom. The van der Waals surface area contributed by atoms with Crippen molar-refractivity contribution in [3.05, 3.63) is 0 Å². The molecule has 0 bridgehead atoms. The maximum absolute atomic E-state index is 12.2. The van der Waals surface area contributed by atoms with Gasteiger partial charge < -0.3 is 14.8 Å². The average molecular weight is 252 g/mol. The van der Waals surface area contributed by atoms with Gasteiger partial charge in [0.05, 0.1) is 12.7 Å². The van der Waals surface area contributed by atoms with Crippen LogP contribution in [0.1, 0.15) is 32.1 Å². The topological polar surface area (TPSA) is 71.3 Å². The van der Waals surface area contributed by atoms with Crippen molar-refractivity contribution in [2.75, 3.05) is 26.9 Å². The molecule has 5 nitrogen and oxygen atoms in total. The lowest BCUT2D eigenvalue weighted by atomic mass is 9.86. The van der Waals surface area contributed by atoms with Crippen LogP contribution in [0.5, 0.6) is 0 Å². The minimum atomic E-state index is -0.811. The zero-order chi connectivity index (χ0) is 13.1. The molecule has 18 heavy (non-hydrogen) atoms. The normalized spacial score (nSPS) is 30.0. The van der Waals surface area contributed by atoms with Crippen LogP contribution < -0.4 is 5.32 Å². The highest BCUT2D eigenvalue weighted by Crippen LogP contribution is 2.37. The Balaban J connectivity index is 1.93. The summed E-state index contributed by atoms with van der Waals surface area (Å²) in [5.41, 5.74) is -1.22. The fourth-order valence-corrected chi connectivity index (χ4v) is 2.74. The SMILES string of the molecule is COC1(CNC(=O)C2(C#N)CCCC2)CCOC1. The number of amides is 1. The molecule has 1 aliphatic heterocycles. The molecule has 1 saturated heterocycles. The first-order valence-corrected chi connectivity index (χ1v) is 6.49. The highest BCUT2D eigenvalue weighted by molar-refractivity contribution is 5.85. The van der Waals surface area contributed by atoms with Gasteiger partial charge in [0.15, 0.2) is 0 Å². The molecule has 2 aliphatic rings. The Bertz CT molecular complexity index is 350. The molecule has 1 amide bonds. The van der Waals surface area contributed by atoms with Gasteiger partial charge in [0, 0.05) is 26.7 Å². The molecular weight excluding hydrogens is 232 g/mol. The van der Waals surface area contributed by atoms with E-state index in [1.165, 1.54) is 0 Å². The van der Waals surface area contributed by atoms with E-state index < -0.39 is 11.0 Å². The third-order valence-electron chi connectivity index (χ3n) is 4.18. The molecule has 2 rings (SSSR count). The molecule has 1 atom stereocenters. The molecule has 5 heteroatoms. The van der Waals surface area contributed by atoms with Gasteiger partial charge in [0.1, 0.15) is 11.0 Å². The first-order valence-electron chi connectivity index (χ1n) is 6.49. The first-order chi connectivity index (χ1) is 8.66. The van der Waals surface area contributed by atoms with Crippen molar-refractivity contribution in [3.63, 3.8) is 0 Å². The number of methoxy groups -OCH3 is 1. The van der Waals surface area contributed by atoms with E-state index in [2.05, 4.69) is 11.4 Å². The van der Waals surface area contributed by atoms with Gasteiger partial charge in [-0.1, -0.05) is 12.8 Å². The van der Waals surface area contributed by atoms with Crippen LogP contribution in [-0.4, -0.2) is 38.4 Å². The van der Waals surface area contributed by atoms with E-state index in [9.17, 15) is 10.1 Å². The molecule has 100 valence electrons. The Morgan fingerprint density at radius 1 is 1.44 bits per heavy atom. The lowest BCUT2D eigenvalue weighted by molar-refractivity contribution is -0.129. The minimum absolute atomic E-state index is 0.147. The van der Waals surface area contributed by atoms with Crippen LogP contribution in [0.15, 0.2) is 0 Å². The Morgan fingerprint density at radius 3 is 2.67 bits per heavy atom. The minimum Gasteiger partial charge on any atom is -0.378 e. The third-order valence-corrected chi connectivity index (χ3v) is 4.18. The fourth-order valence-electron chi connectivity index (χ4n) is 2.74. The van der Waals surface area contributed by atoms with Gasteiger partial charge in [-0.25, -0.2) is 0 Å².